The molecular formula is C23H27N5O4. The topological polar surface area (TPSA) is 97.6 Å². The standard InChI is InChI=1S/C23H27N5O4/c1-3-10-26-13-16(12-20(26)29)22(30)27-11-8-19-18(15-27)21(23(31)32-4-2)25-28(19)14-17-7-5-6-9-24-17/h3,5-7,9,16H,1,4,8,10-15H2,2H3. The molecule has 0 N–H and O–H groups in total. The van der Waals surface area contributed by atoms with Crippen LogP contribution in [0.15, 0.2) is 37.1 Å². The maximum Gasteiger partial charge on any atom is 0.359 e. The van der Waals surface area contributed by atoms with Crippen molar-refractivity contribution in [2.24, 2.45) is 5.92 Å². The molecule has 9 nitrogen and oxygen atoms in total. The van der Waals surface area contributed by atoms with Crippen LogP contribution in [0.5, 0.6) is 0 Å². The maximum atomic E-state index is 13.2. The minimum absolute atomic E-state index is 0.0312. The Balaban J connectivity index is 1.57. The number of carbonyl (C=O) groups is 3. The third-order valence-electron chi connectivity index (χ3n) is 5.87. The molecular weight excluding hydrogens is 410 g/mol. The second-order valence-electron chi connectivity index (χ2n) is 7.97. The van der Waals surface area contributed by atoms with E-state index in [0.717, 1.165) is 11.4 Å². The van der Waals surface area contributed by atoms with E-state index in [0.29, 0.717) is 38.2 Å². The Morgan fingerprint density at radius 1 is 1.34 bits per heavy atom. The van der Waals surface area contributed by atoms with E-state index in [-0.39, 0.29) is 43.0 Å². The van der Waals surface area contributed by atoms with Crippen molar-refractivity contribution in [3.8, 4) is 0 Å². The Hall–Kier alpha value is -3.49. The highest BCUT2D eigenvalue weighted by Crippen LogP contribution is 2.27. The molecule has 0 radical (unpaired) electrons. The van der Waals surface area contributed by atoms with E-state index in [9.17, 15) is 14.4 Å². The van der Waals surface area contributed by atoms with Gasteiger partial charge in [-0.25, -0.2) is 4.79 Å². The number of carbonyl (C=O) groups excluding carboxylic acids is 3. The van der Waals surface area contributed by atoms with Crippen molar-refractivity contribution in [3.63, 3.8) is 0 Å². The predicted octanol–water partition coefficient (Wildman–Crippen LogP) is 1.42. The van der Waals surface area contributed by atoms with Crippen LogP contribution in [0.1, 0.15) is 40.8 Å². The molecule has 0 aromatic carbocycles. The highest BCUT2D eigenvalue weighted by molar-refractivity contribution is 5.91. The summed E-state index contributed by atoms with van der Waals surface area (Å²) in [5, 5.41) is 4.54. The fourth-order valence-corrected chi connectivity index (χ4v) is 4.35. The highest BCUT2D eigenvalue weighted by atomic mass is 16.5. The summed E-state index contributed by atoms with van der Waals surface area (Å²) < 4.78 is 7.00. The monoisotopic (exact) mass is 437 g/mol. The summed E-state index contributed by atoms with van der Waals surface area (Å²) in [5.74, 6) is -0.969. The molecule has 1 atom stereocenters. The number of pyridine rings is 1. The largest absolute Gasteiger partial charge is 0.461 e. The van der Waals surface area contributed by atoms with Gasteiger partial charge >= 0.3 is 5.97 Å². The molecule has 2 aromatic rings. The lowest BCUT2D eigenvalue weighted by Crippen LogP contribution is -2.41. The molecule has 4 heterocycles. The number of fused-ring (bicyclic) bond motifs is 1. The van der Waals surface area contributed by atoms with Crippen molar-refractivity contribution in [2.45, 2.75) is 32.9 Å². The van der Waals surface area contributed by atoms with Crippen LogP contribution >= 0.6 is 0 Å². The zero-order valence-electron chi connectivity index (χ0n) is 18.2. The van der Waals surface area contributed by atoms with Gasteiger partial charge in [-0.2, -0.15) is 5.10 Å². The molecule has 0 saturated carbocycles. The maximum absolute atomic E-state index is 13.2. The fraction of sp³-hybridized carbons (Fsp3) is 0.435. The van der Waals surface area contributed by atoms with Gasteiger partial charge in [0, 0.05) is 56.5 Å². The molecule has 2 aliphatic rings. The average Bonchev–Trinajstić information content (AvgIpc) is 3.34. The van der Waals surface area contributed by atoms with Crippen molar-refractivity contribution in [3.05, 3.63) is 59.7 Å². The summed E-state index contributed by atoms with van der Waals surface area (Å²) in [6.07, 6.45) is 4.16. The number of likely N-dealkylation sites (tertiary alicyclic amines) is 1. The van der Waals surface area contributed by atoms with E-state index >= 15 is 0 Å². The zero-order chi connectivity index (χ0) is 22.7. The van der Waals surface area contributed by atoms with E-state index in [1.165, 1.54) is 0 Å². The Kier molecular flexibility index (Phi) is 6.34. The average molecular weight is 438 g/mol. The lowest BCUT2D eigenvalue weighted by Gasteiger charge is -2.30. The number of amides is 2. The molecule has 1 unspecified atom stereocenters. The summed E-state index contributed by atoms with van der Waals surface area (Å²) in [7, 11) is 0. The smallest absolute Gasteiger partial charge is 0.359 e. The van der Waals surface area contributed by atoms with Crippen LogP contribution in [0.2, 0.25) is 0 Å². The van der Waals surface area contributed by atoms with E-state index in [1.54, 1.807) is 33.7 Å². The van der Waals surface area contributed by atoms with Crippen LogP contribution in [-0.4, -0.2) is 68.6 Å². The predicted molar refractivity (Wildman–Crippen MR) is 116 cm³/mol. The zero-order valence-corrected chi connectivity index (χ0v) is 18.2. The van der Waals surface area contributed by atoms with Crippen molar-refractivity contribution in [1.29, 1.82) is 0 Å². The minimum atomic E-state index is -0.494. The van der Waals surface area contributed by atoms with Gasteiger partial charge in [0.15, 0.2) is 5.69 Å². The first-order chi connectivity index (χ1) is 15.5. The van der Waals surface area contributed by atoms with Crippen LogP contribution in [0.4, 0.5) is 0 Å². The first-order valence-corrected chi connectivity index (χ1v) is 10.8. The van der Waals surface area contributed by atoms with Gasteiger partial charge in [0.05, 0.1) is 24.8 Å². The Labute approximate surface area is 186 Å². The Morgan fingerprint density at radius 2 is 2.19 bits per heavy atom. The van der Waals surface area contributed by atoms with Gasteiger partial charge in [-0.3, -0.25) is 19.3 Å². The van der Waals surface area contributed by atoms with E-state index in [4.69, 9.17) is 4.74 Å². The van der Waals surface area contributed by atoms with Crippen molar-refractivity contribution in [1.82, 2.24) is 24.6 Å². The molecule has 32 heavy (non-hydrogen) atoms. The molecule has 0 bridgehead atoms. The Bertz CT molecular complexity index is 1030. The number of aromatic nitrogens is 3. The van der Waals surface area contributed by atoms with Gasteiger partial charge in [0.2, 0.25) is 11.8 Å². The summed E-state index contributed by atoms with van der Waals surface area (Å²) in [4.78, 5) is 45.7. The molecule has 168 valence electrons. The van der Waals surface area contributed by atoms with Crippen LogP contribution in [0, 0.1) is 5.92 Å². The quantitative estimate of drug-likeness (QED) is 0.480. The van der Waals surface area contributed by atoms with Gasteiger partial charge in [0.25, 0.3) is 0 Å². The van der Waals surface area contributed by atoms with Crippen molar-refractivity contribution in [2.75, 3.05) is 26.2 Å². The van der Waals surface area contributed by atoms with Gasteiger partial charge in [0.1, 0.15) is 0 Å². The number of rotatable bonds is 7. The van der Waals surface area contributed by atoms with E-state index in [1.807, 2.05) is 18.2 Å². The molecule has 0 spiro atoms. The van der Waals surface area contributed by atoms with Gasteiger partial charge in [-0.15, -0.1) is 6.58 Å². The molecule has 2 amide bonds. The Morgan fingerprint density at radius 3 is 2.91 bits per heavy atom. The second-order valence-corrected chi connectivity index (χ2v) is 7.97. The number of esters is 1. The number of nitrogens with zero attached hydrogens (tertiary/aromatic N) is 5. The van der Waals surface area contributed by atoms with Crippen LogP contribution in [-0.2, 0) is 33.8 Å². The summed E-state index contributed by atoms with van der Waals surface area (Å²) >= 11 is 0. The number of hydrogen-bond acceptors (Lipinski definition) is 6. The lowest BCUT2D eigenvalue weighted by molar-refractivity contribution is -0.136. The number of hydrogen-bond donors (Lipinski definition) is 0. The highest BCUT2D eigenvalue weighted by Gasteiger charge is 2.38. The molecule has 4 rings (SSSR count). The molecule has 1 saturated heterocycles. The first-order valence-electron chi connectivity index (χ1n) is 10.8. The third kappa shape index (κ3) is 4.28. The van der Waals surface area contributed by atoms with E-state index < -0.39 is 5.97 Å². The van der Waals surface area contributed by atoms with Crippen molar-refractivity contribution >= 4 is 17.8 Å². The first kappa shape index (κ1) is 21.7. The van der Waals surface area contributed by atoms with Gasteiger partial charge < -0.3 is 14.5 Å². The molecule has 9 heteroatoms. The van der Waals surface area contributed by atoms with E-state index in [2.05, 4.69) is 16.7 Å². The molecule has 2 aromatic heterocycles. The van der Waals surface area contributed by atoms with Gasteiger partial charge in [-0.05, 0) is 19.1 Å². The second kappa shape index (κ2) is 9.33. The SMILES string of the molecule is C=CCN1CC(C(=O)N2CCc3c(c(C(=O)OCC)nn3Cc3ccccn3)C2)CC1=O. The summed E-state index contributed by atoms with van der Waals surface area (Å²) in [5.41, 5.74) is 2.70. The van der Waals surface area contributed by atoms with Gasteiger partial charge in [-0.1, -0.05) is 12.1 Å². The molecule has 0 aliphatic carbocycles. The van der Waals surface area contributed by atoms with Crippen molar-refractivity contribution < 1.29 is 19.1 Å². The van der Waals surface area contributed by atoms with Crippen LogP contribution in [0.25, 0.3) is 0 Å². The van der Waals surface area contributed by atoms with Crippen LogP contribution in [0.3, 0.4) is 0 Å². The summed E-state index contributed by atoms with van der Waals surface area (Å²) in [6, 6.07) is 5.66. The third-order valence-corrected chi connectivity index (χ3v) is 5.87. The lowest BCUT2D eigenvalue weighted by atomic mass is 10.0. The minimum Gasteiger partial charge on any atom is -0.461 e. The summed E-state index contributed by atoms with van der Waals surface area (Å²) in [6.45, 7) is 7.72. The molecule has 1 fully saturated rings. The normalized spacial score (nSPS) is 17.9. The van der Waals surface area contributed by atoms with Crippen LogP contribution < -0.4 is 0 Å². The molecule has 2 aliphatic heterocycles. The fourth-order valence-electron chi connectivity index (χ4n) is 4.35. The number of ether oxygens (including phenoxy) is 1.